The lowest BCUT2D eigenvalue weighted by atomic mass is 9.98. The summed E-state index contributed by atoms with van der Waals surface area (Å²) in [6.45, 7) is 5.94. The molecule has 5 rings (SSSR count). The average molecular weight is 607 g/mol. The van der Waals surface area contributed by atoms with Crippen LogP contribution < -0.4 is 15.4 Å². The molecule has 0 fully saturated rings. The molecule has 2 atom stereocenters. The summed E-state index contributed by atoms with van der Waals surface area (Å²) in [5.74, 6) is -1.27. The van der Waals surface area contributed by atoms with E-state index in [1.54, 1.807) is 24.3 Å². The van der Waals surface area contributed by atoms with E-state index in [9.17, 15) is 19.5 Å². The third-order valence-corrected chi connectivity index (χ3v) is 7.64. The van der Waals surface area contributed by atoms with E-state index in [0.717, 1.165) is 33.4 Å². The number of fused-ring (bicyclic) bond motifs is 3. The van der Waals surface area contributed by atoms with Crippen LogP contribution in [0.3, 0.4) is 0 Å². The Hall–Kier alpha value is -5.11. The highest BCUT2D eigenvalue weighted by Gasteiger charge is 2.31. The number of nitrogens with one attached hydrogen (secondary N) is 2. The third-order valence-electron chi connectivity index (χ3n) is 7.64. The van der Waals surface area contributed by atoms with Gasteiger partial charge >= 0.3 is 12.1 Å². The lowest BCUT2D eigenvalue weighted by Crippen LogP contribution is -2.53. The Labute approximate surface area is 263 Å². The average Bonchev–Trinajstić information content (AvgIpc) is 3.33. The molecular weight excluding hydrogens is 568 g/mol. The predicted octanol–water partition coefficient (Wildman–Crippen LogP) is 6.13. The molecule has 0 unspecified atom stereocenters. The van der Waals surface area contributed by atoms with Crippen molar-refractivity contribution in [2.45, 2.75) is 57.2 Å². The number of carboxylic acids is 1. The maximum absolute atomic E-state index is 13.6. The molecule has 4 aromatic carbocycles. The van der Waals surface area contributed by atoms with Gasteiger partial charge in [-0.15, -0.1) is 0 Å². The van der Waals surface area contributed by atoms with Crippen molar-refractivity contribution in [2.24, 2.45) is 0 Å². The van der Waals surface area contributed by atoms with Crippen LogP contribution in [0, 0.1) is 0 Å². The smallest absolute Gasteiger partial charge is 0.407 e. The first-order valence-electron chi connectivity index (χ1n) is 15.0. The van der Waals surface area contributed by atoms with Gasteiger partial charge in [0.05, 0.1) is 0 Å². The minimum atomic E-state index is -1.19. The number of carbonyl (C=O) groups excluding carboxylic acids is 2. The molecule has 0 aromatic heterocycles. The second kappa shape index (κ2) is 13.7. The normalized spacial score (nSPS) is 13.6. The van der Waals surface area contributed by atoms with Crippen LogP contribution in [0.5, 0.6) is 5.75 Å². The van der Waals surface area contributed by atoms with Gasteiger partial charge in [-0.2, -0.15) is 0 Å². The summed E-state index contributed by atoms with van der Waals surface area (Å²) < 4.78 is 11.6. The number of aliphatic carboxylic acids is 1. The maximum Gasteiger partial charge on any atom is 0.407 e. The number of rotatable bonds is 11. The molecule has 45 heavy (non-hydrogen) atoms. The summed E-state index contributed by atoms with van der Waals surface area (Å²) in [7, 11) is 0. The number of alkyl carbamates (subject to hydrolysis) is 1. The molecule has 232 valence electrons. The lowest BCUT2D eigenvalue weighted by molar-refractivity contribution is -0.142. The Balaban J connectivity index is 1.31. The SMILES string of the molecule is CC(C)(C)Oc1ccc(C[C@H](NC(=O)OCC2c3ccccc3-c3ccccc32)C(=O)N[C@@H](Cc2ccccc2)C(=O)O)cc1. The zero-order valence-corrected chi connectivity index (χ0v) is 25.7. The van der Waals surface area contributed by atoms with Crippen LogP contribution in [0.1, 0.15) is 48.9 Å². The molecule has 0 radical (unpaired) electrons. The molecule has 2 amide bonds. The van der Waals surface area contributed by atoms with E-state index in [-0.39, 0.29) is 31.0 Å². The summed E-state index contributed by atoms with van der Waals surface area (Å²) in [5, 5.41) is 15.2. The molecule has 0 spiro atoms. The zero-order chi connectivity index (χ0) is 32.0. The molecule has 0 saturated heterocycles. The largest absolute Gasteiger partial charge is 0.488 e. The highest BCUT2D eigenvalue weighted by molar-refractivity contribution is 5.89. The van der Waals surface area contributed by atoms with Crippen molar-refractivity contribution in [3.05, 3.63) is 125 Å². The van der Waals surface area contributed by atoms with Crippen LogP contribution in [-0.2, 0) is 27.2 Å². The number of benzene rings is 4. The summed E-state index contributed by atoms with van der Waals surface area (Å²) in [5.41, 5.74) is 5.51. The molecule has 0 aliphatic heterocycles. The second-order valence-corrected chi connectivity index (χ2v) is 12.2. The van der Waals surface area contributed by atoms with E-state index in [4.69, 9.17) is 9.47 Å². The van der Waals surface area contributed by atoms with Gasteiger partial charge in [0, 0.05) is 18.8 Å². The molecule has 1 aliphatic rings. The number of hydrogen-bond donors (Lipinski definition) is 3. The van der Waals surface area contributed by atoms with E-state index in [0.29, 0.717) is 5.75 Å². The predicted molar refractivity (Wildman–Crippen MR) is 172 cm³/mol. The van der Waals surface area contributed by atoms with E-state index < -0.39 is 30.1 Å². The third kappa shape index (κ3) is 8.09. The van der Waals surface area contributed by atoms with Gasteiger partial charge in [0.25, 0.3) is 0 Å². The van der Waals surface area contributed by atoms with Gasteiger partial charge in [0.15, 0.2) is 0 Å². The van der Waals surface area contributed by atoms with Crippen LogP contribution >= 0.6 is 0 Å². The van der Waals surface area contributed by atoms with E-state index in [2.05, 4.69) is 22.8 Å². The summed E-state index contributed by atoms with van der Waals surface area (Å²) in [4.78, 5) is 38.9. The van der Waals surface area contributed by atoms with Gasteiger partial charge < -0.3 is 25.2 Å². The monoisotopic (exact) mass is 606 g/mol. The first kappa shape index (κ1) is 31.3. The maximum atomic E-state index is 13.6. The standard InChI is InChI=1S/C37H38N2O6/c1-37(2,3)45-26-19-17-25(18-20-26)21-32(34(40)38-33(35(41)42)22-24-11-5-4-6-12-24)39-36(43)44-23-31-29-15-9-7-13-27(29)28-14-8-10-16-30(28)31/h4-20,31-33H,21-23H2,1-3H3,(H,38,40)(H,39,43)(H,41,42)/t32-,33-/m0/s1. The molecule has 3 N–H and O–H groups in total. The first-order valence-corrected chi connectivity index (χ1v) is 15.0. The van der Waals surface area contributed by atoms with E-state index in [1.807, 2.05) is 87.5 Å². The fraction of sp³-hybridized carbons (Fsp3) is 0.270. The number of amides is 2. The summed E-state index contributed by atoms with van der Waals surface area (Å²) >= 11 is 0. The molecule has 8 heteroatoms. The molecule has 0 heterocycles. The Morgan fingerprint density at radius 2 is 1.24 bits per heavy atom. The van der Waals surface area contributed by atoms with Crippen molar-refractivity contribution in [3.63, 3.8) is 0 Å². The van der Waals surface area contributed by atoms with Crippen molar-refractivity contribution in [1.29, 1.82) is 0 Å². The second-order valence-electron chi connectivity index (χ2n) is 12.2. The molecular formula is C37H38N2O6. The Morgan fingerprint density at radius 3 is 1.82 bits per heavy atom. The summed E-state index contributed by atoms with van der Waals surface area (Å²) in [6, 6.07) is 30.1. The van der Waals surface area contributed by atoms with E-state index >= 15 is 0 Å². The van der Waals surface area contributed by atoms with Crippen LogP contribution in [0.4, 0.5) is 4.79 Å². The van der Waals surface area contributed by atoms with Crippen LogP contribution in [0.25, 0.3) is 11.1 Å². The molecule has 4 aromatic rings. The van der Waals surface area contributed by atoms with Crippen LogP contribution in [0.15, 0.2) is 103 Å². The fourth-order valence-corrected chi connectivity index (χ4v) is 5.60. The fourth-order valence-electron chi connectivity index (χ4n) is 5.60. The van der Waals surface area contributed by atoms with Gasteiger partial charge in [0.2, 0.25) is 5.91 Å². The van der Waals surface area contributed by atoms with Crippen LogP contribution in [0.2, 0.25) is 0 Å². The van der Waals surface area contributed by atoms with Gasteiger partial charge in [-0.05, 0) is 66.3 Å². The summed E-state index contributed by atoms with van der Waals surface area (Å²) in [6.07, 6.45) is -0.554. The van der Waals surface area contributed by atoms with Crippen molar-refractivity contribution < 1.29 is 29.0 Å². The first-order chi connectivity index (χ1) is 21.6. The number of ether oxygens (including phenoxy) is 2. The van der Waals surface area contributed by atoms with Gasteiger partial charge in [-0.3, -0.25) is 4.79 Å². The van der Waals surface area contributed by atoms with Crippen molar-refractivity contribution >= 4 is 18.0 Å². The Bertz CT molecular complexity index is 1600. The van der Waals surface area contributed by atoms with Gasteiger partial charge in [-0.25, -0.2) is 9.59 Å². The van der Waals surface area contributed by atoms with Crippen molar-refractivity contribution in [3.8, 4) is 16.9 Å². The lowest BCUT2D eigenvalue weighted by Gasteiger charge is -2.23. The molecule has 0 bridgehead atoms. The van der Waals surface area contributed by atoms with Crippen molar-refractivity contribution in [2.75, 3.05) is 6.61 Å². The minimum Gasteiger partial charge on any atom is -0.488 e. The van der Waals surface area contributed by atoms with Gasteiger partial charge in [0.1, 0.15) is 30.0 Å². The van der Waals surface area contributed by atoms with Crippen molar-refractivity contribution in [1.82, 2.24) is 10.6 Å². The Morgan fingerprint density at radius 1 is 0.711 bits per heavy atom. The Kier molecular flexibility index (Phi) is 9.52. The highest BCUT2D eigenvalue weighted by Crippen LogP contribution is 2.44. The molecule has 1 aliphatic carbocycles. The zero-order valence-electron chi connectivity index (χ0n) is 25.7. The number of hydrogen-bond acceptors (Lipinski definition) is 5. The highest BCUT2D eigenvalue weighted by atomic mass is 16.5. The molecule has 8 nitrogen and oxygen atoms in total. The molecule has 0 saturated carbocycles. The number of carboxylic acid groups (broad SMARTS) is 1. The van der Waals surface area contributed by atoms with Gasteiger partial charge in [-0.1, -0.05) is 91.0 Å². The van der Waals surface area contributed by atoms with Crippen LogP contribution in [-0.4, -0.2) is 47.4 Å². The topological polar surface area (TPSA) is 114 Å². The number of carbonyl (C=O) groups is 3. The van der Waals surface area contributed by atoms with E-state index in [1.165, 1.54) is 0 Å². The quantitative estimate of drug-likeness (QED) is 0.189. The minimum absolute atomic E-state index is 0.0821.